The van der Waals surface area contributed by atoms with Gasteiger partial charge in [0.25, 0.3) is 0 Å². The average molecular weight is 261 g/mol. The summed E-state index contributed by atoms with van der Waals surface area (Å²) in [6, 6.07) is 3.92. The summed E-state index contributed by atoms with van der Waals surface area (Å²) >= 11 is 3.38. The largest absolute Gasteiger partial charge is 0.493 e. The zero-order chi connectivity index (χ0) is 11.1. The van der Waals surface area contributed by atoms with Crippen molar-refractivity contribution in [2.75, 3.05) is 14.2 Å². The van der Waals surface area contributed by atoms with Gasteiger partial charge in [-0.05, 0) is 34.5 Å². The molecule has 80 valence electrons. The number of methoxy groups -OCH3 is 2. The smallest absolute Gasteiger partial charge is 0.175 e. The summed E-state index contributed by atoms with van der Waals surface area (Å²) in [7, 11) is 3.26. The Morgan fingerprint density at radius 1 is 1.00 bits per heavy atom. The minimum Gasteiger partial charge on any atom is -0.493 e. The maximum absolute atomic E-state index is 5.19. The summed E-state index contributed by atoms with van der Waals surface area (Å²) in [6.07, 6.45) is 0. The van der Waals surface area contributed by atoms with E-state index < -0.39 is 0 Å². The molecular formula is C11H17BrO2. The van der Waals surface area contributed by atoms with Crippen LogP contribution in [-0.2, 0) is 0 Å². The molecule has 0 saturated heterocycles. The predicted molar refractivity (Wildman–Crippen MR) is 63.3 cm³/mol. The molecule has 0 amide bonds. The first-order valence-corrected chi connectivity index (χ1v) is 5.37. The summed E-state index contributed by atoms with van der Waals surface area (Å²) in [5.74, 6) is 1.53. The van der Waals surface area contributed by atoms with Gasteiger partial charge in [-0.25, -0.2) is 0 Å². The second kappa shape index (κ2) is 6.71. The lowest BCUT2D eigenvalue weighted by atomic mass is 10.2. The van der Waals surface area contributed by atoms with Gasteiger partial charge in [0.2, 0.25) is 0 Å². The molecule has 1 rings (SSSR count). The van der Waals surface area contributed by atoms with E-state index in [9.17, 15) is 0 Å². The maximum Gasteiger partial charge on any atom is 0.175 e. The first-order valence-electron chi connectivity index (χ1n) is 4.57. The first kappa shape index (κ1) is 13.3. The average Bonchev–Trinajstić information content (AvgIpc) is 2.24. The van der Waals surface area contributed by atoms with Crippen LogP contribution in [0, 0.1) is 6.92 Å². The third-order valence-electron chi connectivity index (χ3n) is 1.67. The zero-order valence-corrected chi connectivity index (χ0v) is 10.9. The van der Waals surface area contributed by atoms with Gasteiger partial charge in [-0.2, -0.15) is 0 Å². The molecule has 0 radical (unpaired) electrons. The summed E-state index contributed by atoms with van der Waals surface area (Å²) in [4.78, 5) is 0. The number of ether oxygens (including phenoxy) is 2. The lowest BCUT2D eigenvalue weighted by Crippen LogP contribution is -1.93. The molecule has 0 atom stereocenters. The fraction of sp³-hybridized carbons (Fsp3) is 0.455. The van der Waals surface area contributed by atoms with Crippen molar-refractivity contribution in [2.24, 2.45) is 0 Å². The molecule has 0 bridgehead atoms. The van der Waals surface area contributed by atoms with Crippen molar-refractivity contribution in [1.82, 2.24) is 0 Å². The molecule has 0 unspecified atom stereocenters. The van der Waals surface area contributed by atoms with Gasteiger partial charge >= 0.3 is 0 Å². The Labute approximate surface area is 94.4 Å². The van der Waals surface area contributed by atoms with Gasteiger partial charge in [0.1, 0.15) is 0 Å². The number of benzene rings is 1. The third kappa shape index (κ3) is 2.91. The van der Waals surface area contributed by atoms with E-state index in [0.29, 0.717) is 0 Å². The molecule has 0 spiro atoms. The number of aryl methyl sites for hydroxylation is 1. The Morgan fingerprint density at radius 2 is 1.50 bits per heavy atom. The van der Waals surface area contributed by atoms with Gasteiger partial charge in [-0.15, -0.1) is 0 Å². The highest BCUT2D eigenvalue weighted by Crippen LogP contribution is 2.37. The Balaban J connectivity index is 0.000000791. The molecule has 0 aromatic heterocycles. The number of rotatable bonds is 2. The van der Waals surface area contributed by atoms with Crippen LogP contribution < -0.4 is 9.47 Å². The van der Waals surface area contributed by atoms with Gasteiger partial charge in [-0.3, -0.25) is 0 Å². The third-order valence-corrected chi connectivity index (χ3v) is 2.29. The Kier molecular flexibility index (Phi) is 6.37. The van der Waals surface area contributed by atoms with E-state index in [4.69, 9.17) is 9.47 Å². The summed E-state index contributed by atoms with van der Waals surface area (Å²) < 4.78 is 11.3. The summed E-state index contributed by atoms with van der Waals surface area (Å²) in [5.41, 5.74) is 1.07. The highest BCUT2D eigenvalue weighted by Gasteiger charge is 2.09. The molecule has 0 heterocycles. The minimum absolute atomic E-state index is 0.748. The van der Waals surface area contributed by atoms with Crippen molar-refractivity contribution in [2.45, 2.75) is 20.8 Å². The molecule has 0 saturated carbocycles. The van der Waals surface area contributed by atoms with E-state index in [1.165, 1.54) is 0 Å². The summed E-state index contributed by atoms with van der Waals surface area (Å²) in [6.45, 7) is 5.98. The summed E-state index contributed by atoms with van der Waals surface area (Å²) in [5, 5.41) is 0. The van der Waals surface area contributed by atoms with E-state index >= 15 is 0 Å². The fourth-order valence-corrected chi connectivity index (χ4v) is 1.56. The number of hydrogen-bond donors (Lipinski definition) is 0. The van der Waals surface area contributed by atoms with Gasteiger partial charge in [0.05, 0.1) is 18.7 Å². The standard InChI is InChI=1S/C9H11BrO2.C2H6/c1-6-4-5-7(10)9(12-3)8(6)11-2;1-2/h4-5H,1-3H3;1-2H3. The van der Waals surface area contributed by atoms with Crippen molar-refractivity contribution in [3.8, 4) is 11.5 Å². The van der Waals surface area contributed by atoms with Crippen LogP contribution in [0.2, 0.25) is 0 Å². The molecule has 0 fully saturated rings. The molecular weight excluding hydrogens is 244 g/mol. The molecule has 1 aromatic carbocycles. The number of halogens is 1. The van der Waals surface area contributed by atoms with Crippen LogP contribution in [0.5, 0.6) is 11.5 Å². The van der Waals surface area contributed by atoms with Gasteiger partial charge in [-0.1, -0.05) is 19.9 Å². The van der Waals surface area contributed by atoms with Crippen LogP contribution in [0.25, 0.3) is 0 Å². The van der Waals surface area contributed by atoms with Gasteiger partial charge in [0, 0.05) is 0 Å². The predicted octanol–water partition coefficient (Wildman–Crippen LogP) is 3.80. The van der Waals surface area contributed by atoms with Crippen LogP contribution in [0.3, 0.4) is 0 Å². The molecule has 0 N–H and O–H groups in total. The maximum atomic E-state index is 5.19. The van der Waals surface area contributed by atoms with E-state index in [2.05, 4.69) is 15.9 Å². The van der Waals surface area contributed by atoms with Crippen molar-refractivity contribution >= 4 is 15.9 Å². The Morgan fingerprint density at radius 3 is 1.86 bits per heavy atom. The van der Waals surface area contributed by atoms with Crippen LogP contribution in [0.15, 0.2) is 16.6 Å². The SMILES string of the molecule is CC.COc1c(C)ccc(Br)c1OC. The van der Waals surface area contributed by atoms with E-state index in [0.717, 1.165) is 21.5 Å². The van der Waals surface area contributed by atoms with Crippen LogP contribution >= 0.6 is 15.9 Å². The van der Waals surface area contributed by atoms with Crippen molar-refractivity contribution in [3.05, 3.63) is 22.2 Å². The van der Waals surface area contributed by atoms with Crippen molar-refractivity contribution in [3.63, 3.8) is 0 Å². The molecule has 14 heavy (non-hydrogen) atoms. The molecule has 3 heteroatoms. The Hall–Kier alpha value is -0.700. The van der Waals surface area contributed by atoms with E-state index in [1.807, 2.05) is 32.9 Å². The molecule has 2 nitrogen and oxygen atoms in total. The molecule has 1 aromatic rings. The van der Waals surface area contributed by atoms with E-state index in [1.54, 1.807) is 14.2 Å². The quantitative estimate of drug-likeness (QED) is 0.806. The minimum atomic E-state index is 0.748. The second-order valence-electron chi connectivity index (χ2n) is 2.43. The van der Waals surface area contributed by atoms with Crippen LogP contribution in [0.4, 0.5) is 0 Å². The first-order chi connectivity index (χ1) is 6.70. The molecule has 0 aliphatic heterocycles. The Bertz CT molecular complexity index is 256. The van der Waals surface area contributed by atoms with Crippen molar-refractivity contribution in [1.29, 1.82) is 0 Å². The van der Waals surface area contributed by atoms with Crippen LogP contribution in [0.1, 0.15) is 19.4 Å². The second-order valence-corrected chi connectivity index (χ2v) is 3.29. The lowest BCUT2D eigenvalue weighted by Gasteiger charge is -2.11. The van der Waals surface area contributed by atoms with E-state index in [-0.39, 0.29) is 0 Å². The molecule has 0 aliphatic rings. The van der Waals surface area contributed by atoms with Gasteiger partial charge in [0.15, 0.2) is 11.5 Å². The van der Waals surface area contributed by atoms with Gasteiger partial charge < -0.3 is 9.47 Å². The normalized spacial score (nSPS) is 8.71. The van der Waals surface area contributed by atoms with Crippen LogP contribution in [-0.4, -0.2) is 14.2 Å². The van der Waals surface area contributed by atoms with Crippen molar-refractivity contribution < 1.29 is 9.47 Å². The zero-order valence-electron chi connectivity index (χ0n) is 9.35. The monoisotopic (exact) mass is 260 g/mol. The number of hydrogen-bond acceptors (Lipinski definition) is 2. The molecule has 0 aliphatic carbocycles. The highest BCUT2D eigenvalue weighted by molar-refractivity contribution is 9.10. The topological polar surface area (TPSA) is 18.5 Å². The fourth-order valence-electron chi connectivity index (χ4n) is 1.08. The lowest BCUT2D eigenvalue weighted by molar-refractivity contribution is 0.351. The highest BCUT2D eigenvalue weighted by atomic mass is 79.9.